The van der Waals surface area contributed by atoms with Crippen LogP contribution in [-0.4, -0.2) is 30.9 Å². The molecule has 0 amide bonds. The Hall–Kier alpha value is -1.26. The lowest BCUT2D eigenvalue weighted by atomic mass is 9.98. The number of phenolic OH excluding ortho intramolecular Hbond substituents is 1. The molecule has 2 N–H and O–H groups in total. The fraction of sp³-hybridized carbons (Fsp3) is 0.500. The maximum absolute atomic E-state index is 9.77. The highest BCUT2D eigenvalue weighted by molar-refractivity contribution is 5.47. The number of hydrogen-bond donors (Lipinski definition) is 2. The van der Waals surface area contributed by atoms with E-state index >= 15 is 0 Å². The molecule has 2 atom stereocenters. The zero-order valence-corrected chi connectivity index (χ0v) is 8.98. The Labute approximate surface area is 94.2 Å². The van der Waals surface area contributed by atoms with Gasteiger partial charge in [-0.25, -0.2) is 0 Å². The second-order valence-electron chi connectivity index (χ2n) is 4.18. The van der Waals surface area contributed by atoms with Crippen molar-refractivity contribution in [1.82, 2.24) is 5.32 Å². The van der Waals surface area contributed by atoms with Crippen molar-refractivity contribution in [2.45, 2.75) is 18.6 Å². The van der Waals surface area contributed by atoms with Gasteiger partial charge in [-0.05, 0) is 12.5 Å². The van der Waals surface area contributed by atoms with Crippen molar-refractivity contribution in [2.24, 2.45) is 0 Å². The molecule has 0 unspecified atom stereocenters. The van der Waals surface area contributed by atoms with Gasteiger partial charge in [0.15, 0.2) is 11.5 Å². The van der Waals surface area contributed by atoms with E-state index < -0.39 is 0 Å². The first-order valence-corrected chi connectivity index (χ1v) is 5.66. The molecule has 2 aliphatic rings. The van der Waals surface area contributed by atoms with Gasteiger partial charge in [-0.3, -0.25) is 0 Å². The van der Waals surface area contributed by atoms with Crippen molar-refractivity contribution in [2.75, 3.05) is 19.8 Å². The molecule has 0 saturated carbocycles. The maximum Gasteiger partial charge on any atom is 0.166 e. The third-order valence-electron chi connectivity index (χ3n) is 3.18. The van der Waals surface area contributed by atoms with Gasteiger partial charge in [0, 0.05) is 18.2 Å². The lowest BCUT2D eigenvalue weighted by molar-refractivity contribution is -0.00587. The Bertz CT molecular complexity index is 394. The number of aromatic hydroxyl groups is 1. The number of nitrogens with one attached hydrogen (secondary N) is 1. The van der Waals surface area contributed by atoms with E-state index in [2.05, 4.69) is 5.32 Å². The summed E-state index contributed by atoms with van der Waals surface area (Å²) in [6.07, 6.45) is 0.900. The van der Waals surface area contributed by atoms with Crippen molar-refractivity contribution in [1.29, 1.82) is 0 Å². The average molecular weight is 221 g/mol. The van der Waals surface area contributed by atoms with E-state index in [-0.39, 0.29) is 17.9 Å². The third kappa shape index (κ3) is 1.54. The molecule has 1 saturated heterocycles. The first kappa shape index (κ1) is 9.93. The topological polar surface area (TPSA) is 50.7 Å². The standard InChI is InChI=1S/C12H15NO3/c14-10-3-1-2-8-11-9(13-5-7-16-11)4-6-15-12(8)10/h1-3,9,11,13-14H,4-7H2/t9-,11-/m0/s1. The average Bonchev–Trinajstić information content (AvgIpc) is 2.50. The monoisotopic (exact) mass is 221 g/mol. The maximum atomic E-state index is 9.77. The minimum Gasteiger partial charge on any atom is -0.504 e. The van der Waals surface area contributed by atoms with E-state index in [1.807, 2.05) is 12.1 Å². The fourth-order valence-corrected chi connectivity index (χ4v) is 2.42. The summed E-state index contributed by atoms with van der Waals surface area (Å²) in [5, 5.41) is 13.2. The van der Waals surface area contributed by atoms with Crippen LogP contribution in [0.4, 0.5) is 0 Å². The smallest absolute Gasteiger partial charge is 0.166 e. The van der Waals surface area contributed by atoms with Crippen molar-refractivity contribution in [3.05, 3.63) is 23.8 Å². The van der Waals surface area contributed by atoms with E-state index in [1.54, 1.807) is 6.07 Å². The van der Waals surface area contributed by atoms with Crippen molar-refractivity contribution in [3.8, 4) is 11.5 Å². The Morgan fingerprint density at radius 3 is 3.19 bits per heavy atom. The minimum absolute atomic E-state index is 0.00153. The van der Waals surface area contributed by atoms with Gasteiger partial charge in [-0.2, -0.15) is 0 Å². The summed E-state index contributed by atoms with van der Waals surface area (Å²) < 4.78 is 11.4. The molecule has 4 heteroatoms. The lowest BCUT2D eigenvalue weighted by Crippen LogP contribution is -2.43. The summed E-state index contributed by atoms with van der Waals surface area (Å²) in [5.74, 6) is 0.783. The Morgan fingerprint density at radius 1 is 1.31 bits per heavy atom. The number of fused-ring (bicyclic) bond motifs is 3. The Morgan fingerprint density at radius 2 is 2.25 bits per heavy atom. The van der Waals surface area contributed by atoms with Crippen LogP contribution < -0.4 is 10.1 Å². The molecule has 16 heavy (non-hydrogen) atoms. The van der Waals surface area contributed by atoms with Gasteiger partial charge >= 0.3 is 0 Å². The molecule has 3 rings (SSSR count). The second-order valence-corrected chi connectivity index (χ2v) is 4.18. The summed E-state index contributed by atoms with van der Waals surface area (Å²) in [6.45, 7) is 2.20. The predicted octanol–water partition coefficient (Wildman–Crippen LogP) is 1.20. The Balaban J connectivity index is 2.04. The minimum atomic E-state index is -0.00153. The zero-order valence-electron chi connectivity index (χ0n) is 8.98. The molecular weight excluding hydrogens is 206 g/mol. The van der Waals surface area contributed by atoms with Crippen molar-refractivity contribution in [3.63, 3.8) is 0 Å². The number of benzene rings is 1. The van der Waals surface area contributed by atoms with Crippen molar-refractivity contribution >= 4 is 0 Å². The predicted molar refractivity (Wildman–Crippen MR) is 58.7 cm³/mol. The van der Waals surface area contributed by atoms with E-state index in [4.69, 9.17) is 9.47 Å². The number of ether oxygens (including phenoxy) is 2. The highest BCUT2D eigenvalue weighted by Crippen LogP contribution is 2.40. The van der Waals surface area contributed by atoms with Crippen LogP contribution in [0, 0.1) is 0 Å². The number of morpholine rings is 1. The number of rotatable bonds is 0. The summed E-state index contributed by atoms with van der Waals surface area (Å²) in [6, 6.07) is 5.73. The van der Waals surface area contributed by atoms with Gasteiger partial charge in [0.25, 0.3) is 0 Å². The molecule has 0 spiro atoms. The second kappa shape index (κ2) is 3.96. The number of hydrogen-bond acceptors (Lipinski definition) is 4. The van der Waals surface area contributed by atoms with Gasteiger partial charge in [-0.15, -0.1) is 0 Å². The fourth-order valence-electron chi connectivity index (χ4n) is 2.42. The molecule has 2 aliphatic heterocycles. The molecule has 4 nitrogen and oxygen atoms in total. The highest BCUT2D eigenvalue weighted by atomic mass is 16.5. The largest absolute Gasteiger partial charge is 0.504 e. The van der Waals surface area contributed by atoms with Gasteiger partial charge in [-0.1, -0.05) is 12.1 Å². The highest BCUT2D eigenvalue weighted by Gasteiger charge is 2.32. The molecule has 0 aromatic heterocycles. The lowest BCUT2D eigenvalue weighted by Gasteiger charge is -2.31. The van der Waals surface area contributed by atoms with Gasteiger partial charge in [0.1, 0.15) is 6.10 Å². The summed E-state index contributed by atoms with van der Waals surface area (Å²) in [5.41, 5.74) is 0.953. The molecular formula is C12H15NO3. The number of phenols is 1. The van der Waals surface area contributed by atoms with Crippen LogP contribution in [0.2, 0.25) is 0 Å². The first-order chi connectivity index (χ1) is 7.86. The normalized spacial score (nSPS) is 28.5. The molecule has 2 heterocycles. The third-order valence-corrected chi connectivity index (χ3v) is 3.18. The van der Waals surface area contributed by atoms with E-state index in [1.165, 1.54) is 0 Å². The van der Waals surface area contributed by atoms with Crippen LogP contribution in [0.15, 0.2) is 18.2 Å². The van der Waals surface area contributed by atoms with Crippen LogP contribution in [-0.2, 0) is 4.74 Å². The quantitative estimate of drug-likeness (QED) is 0.691. The SMILES string of the molecule is Oc1cccc2c1OCC[C@@H]1NCCO[C@@H]21. The van der Waals surface area contributed by atoms with Crippen LogP contribution in [0.5, 0.6) is 11.5 Å². The molecule has 0 aliphatic carbocycles. The van der Waals surface area contributed by atoms with Gasteiger partial charge in [0.2, 0.25) is 0 Å². The van der Waals surface area contributed by atoms with Gasteiger partial charge < -0.3 is 19.9 Å². The van der Waals surface area contributed by atoms with Crippen LogP contribution in [0.25, 0.3) is 0 Å². The van der Waals surface area contributed by atoms with Crippen LogP contribution in [0.1, 0.15) is 18.1 Å². The van der Waals surface area contributed by atoms with Crippen LogP contribution >= 0.6 is 0 Å². The van der Waals surface area contributed by atoms with E-state index in [0.717, 1.165) is 18.5 Å². The molecule has 0 radical (unpaired) electrons. The molecule has 0 bridgehead atoms. The van der Waals surface area contributed by atoms with E-state index in [0.29, 0.717) is 19.0 Å². The summed E-state index contributed by atoms with van der Waals surface area (Å²) in [4.78, 5) is 0. The summed E-state index contributed by atoms with van der Waals surface area (Å²) in [7, 11) is 0. The molecule has 1 aromatic rings. The molecule has 1 aromatic carbocycles. The van der Waals surface area contributed by atoms with Crippen LogP contribution in [0.3, 0.4) is 0 Å². The Kier molecular flexibility index (Phi) is 2.46. The van der Waals surface area contributed by atoms with E-state index in [9.17, 15) is 5.11 Å². The van der Waals surface area contributed by atoms with Gasteiger partial charge in [0.05, 0.1) is 13.2 Å². The molecule has 1 fully saturated rings. The van der Waals surface area contributed by atoms with Crippen molar-refractivity contribution < 1.29 is 14.6 Å². The molecule has 86 valence electrons. The zero-order chi connectivity index (χ0) is 11.0. The number of para-hydroxylation sites is 1. The first-order valence-electron chi connectivity index (χ1n) is 5.66. The summed E-state index contributed by atoms with van der Waals surface area (Å²) >= 11 is 0.